The summed E-state index contributed by atoms with van der Waals surface area (Å²) in [5, 5.41) is 14.4. The molecular weight excluding hydrogens is 672 g/mol. The van der Waals surface area contributed by atoms with E-state index in [0.717, 1.165) is 71.9 Å². The van der Waals surface area contributed by atoms with Gasteiger partial charge in [0, 0.05) is 27.1 Å². The molecule has 52 heavy (non-hydrogen) atoms. The molecular formula is C43H29F6N3. The zero-order valence-corrected chi connectivity index (χ0v) is 28.4. The van der Waals surface area contributed by atoms with E-state index in [1.807, 2.05) is 85.4 Å². The Morgan fingerprint density at radius 3 is 1.23 bits per heavy atom. The van der Waals surface area contributed by atoms with Gasteiger partial charge in [0.15, 0.2) is 0 Å². The first-order valence-electron chi connectivity index (χ1n) is 16.5. The van der Waals surface area contributed by atoms with Crippen LogP contribution in [0.4, 0.5) is 26.3 Å². The summed E-state index contributed by atoms with van der Waals surface area (Å²) in [7, 11) is 0. The smallest absolute Gasteiger partial charge is 0.307 e. The molecule has 2 heterocycles. The van der Waals surface area contributed by atoms with Crippen LogP contribution in [0.15, 0.2) is 103 Å². The number of hydrogen-bond donors (Lipinski definition) is 0. The minimum Gasteiger partial charge on any atom is -0.307 e. The van der Waals surface area contributed by atoms with Crippen molar-refractivity contribution in [2.45, 2.75) is 40.0 Å². The summed E-state index contributed by atoms with van der Waals surface area (Å²) >= 11 is 0. The van der Waals surface area contributed by atoms with Crippen LogP contribution in [-0.2, 0) is 12.4 Å². The van der Waals surface area contributed by atoms with Crippen molar-refractivity contribution in [1.29, 1.82) is 5.26 Å². The van der Waals surface area contributed by atoms with Crippen LogP contribution in [0.5, 0.6) is 0 Å². The van der Waals surface area contributed by atoms with Crippen molar-refractivity contribution in [2.24, 2.45) is 0 Å². The van der Waals surface area contributed by atoms with Crippen LogP contribution in [0.3, 0.4) is 0 Å². The maximum absolute atomic E-state index is 14.7. The molecule has 3 nitrogen and oxygen atoms in total. The van der Waals surface area contributed by atoms with E-state index >= 15 is 0 Å². The third-order valence-electron chi connectivity index (χ3n) is 9.81. The van der Waals surface area contributed by atoms with Gasteiger partial charge in [-0.1, -0.05) is 52.6 Å². The van der Waals surface area contributed by atoms with Gasteiger partial charge in [-0.15, -0.1) is 0 Å². The molecule has 6 aromatic carbocycles. The Balaban J connectivity index is 1.58. The highest BCUT2D eigenvalue weighted by atomic mass is 19.4. The van der Waals surface area contributed by atoms with Crippen molar-refractivity contribution >= 4 is 43.6 Å². The van der Waals surface area contributed by atoms with Crippen molar-refractivity contribution in [3.63, 3.8) is 0 Å². The molecule has 0 saturated heterocycles. The highest BCUT2D eigenvalue weighted by Crippen LogP contribution is 2.45. The van der Waals surface area contributed by atoms with Gasteiger partial charge in [-0.3, -0.25) is 0 Å². The Morgan fingerprint density at radius 1 is 0.462 bits per heavy atom. The lowest BCUT2D eigenvalue weighted by Gasteiger charge is -2.21. The van der Waals surface area contributed by atoms with Crippen LogP contribution < -0.4 is 0 Å². The number of hydrogen-bond acceptors (Lipinski definition) is 1. The molecule has 9 heteroatoms. The number of halogens is 6. The van der Waals surface area contributed by atoms with Gasteiger partial charge in [0.05, 0.1) is 56.2 Å². The van der Waals surface area contributed by atoms with Gasteiger partial charge in [-0.25, -0.2) is 0 Å². The third-order valence-corrected chi connectivity index (χ3v) is 9.81. The number of nitrogens with zero attached hydrogens (tertiary/aromatic N) is 3. The molecule has 8 aromatic rings. The molecule has 0 unspecified atom stereocenters. The van der Waals surface area contributed by atoms with E-state index in [9.17, 15) is 31.6 Å². The first-order valence-corrected chi connectivity index (χ1v) is 16.5. The van der Waals surface area contributed by atoms with Crippen LogP contribution in [-0.4, -0.2) is 9.13 Å². The summed E-state index contributed by atoms with van der Waals surface area (Å²) in [6.07, 6.45) is -10.1. The average molecular weight is 702 g/mol. The van der Waals surface area contributed by atoms with E-state index < -0.39 is 29.0 Å². The van der Waals surface area contributed by atoms with Crippen molar-refractivity contribution in [2.75, 3.05) is 0 Å². The number of aromatic nitrogens is 2. The van der Waals surface area contributed by atoms with Gasteiger partial charge < -0.3 is 9.13 Å². The Bertz CT molecular complexity index is 2710. The Hall–Kier alpha value is -6.01. The quantitative estimate of drug-likeness (QED) is 0.169. The van der Waals surface area contributed by atoms with E-state index in [4.69, 9.17) is 0 Å². The Labute approximate surface area is 294 Å². The second kappa shape index (κ2) is 11.5. The number of benzene rings is 6. The maximum atomic E-state index is 14.7. The van der Waals surface area contributed by atoms with Gasteiger partial charge >= 0.3 is 12.4 Å². The van der Waals surface area contributed by atoms with E-state index in [-0.39, 0.29) is 17.2 Å². The number of rotatable bonds is 3. The van der Waals surface area contributed by atoms with Gasteiger partial charge in [0.25, 0.3) is 0 Å². The van der Waals surface area contributed by atoms with E-state index in [1.54, 1.807) is 6.07 Å². The molecule has 0 spiro atoms. The third kappa shape index (κ3) is 5.20. The normalized spacial score (nSPS) is 12.4. The Kier molecular flexibility index (Phi) is 7.33. The monoisotopic (exact) mass is 701 g/mol. The Morgan fingerprint density at radius 2 is 0.865 bits per heavy atom. The average Bonchev–Trinajstić information content (AvgIpc) is 3.57. The minimum absolute atomic E-state index is 0.119. The first kappa shape index (κ1) is 33.2. The molecule has 258 valence electrons. The van der Waals surface area contributed by atoms with Crippen LogP contribution in [0.1, 0.15) is 38.9 Å². The summed E-state index contributed by atoms with van der Waals surface area (Å²) in [6.45, 7) is 7.96. The fraction of sp³-hybridized carbons (Fsp3) is 0.140. The lowest BCUT2D eigenvalue weighted by Crippen LogP contribution is -2.13. The van der Waals surface area contributed by atoms with Gasteiger partial charge in [0.1, 0.15) is 0 Å². The predicted molar refractivity (Wildman–Crippen MR) is 194 cm³/mol. The molecule has 0 bridgehead atoms. The standard InChI is InChI=1S/C43H29F6N3/c1-23-5-11-36-31(15-23)32-16-24(2)6-12-37(32)51(36)40-19-27(22-50)30(29-10-9-28(42(44,45)46)20-35(29)43(47,48)49)21-41(40)52-38-13-7-25(3)17-33(38)34-18-26(4)8-14-39(34)52/h5-21H,1-4H3. The van der Waals surface area contributed by atoms with Crippen molar-refractivity contribution < 1.29 is 26.3 Å². The molecule has 2 aromatic heterocycles. The summed E-state index contributed by atoms with van der Waals surface area (Å²) in [4.78, 5) is 0. The zero-order valence-electron chi connectivity index (χ0n) is 28.4. The fourth-order valence-corrected chi connectivity index (χ4v) is 7.46. The fourth-order valence-electron chi connectivity index (χ4n) is 7.46. The number of aryl methyl sites for hydroxylation is 4. The van der Waals surface area contributed by atoms with Gasteiger partial charge in [-0.05, 0) is 106 Å². The minimum atomic E-state index is -5.15. The van der Waals surface area contributed by atoms with Crippen molar-refractivity contribution in [3.8, 4) is 28.6 Å². The maximum Gasteiger partial charge on any atom is 0.417 e. The van der Waals surface area contributed by atoms with Crippen LogP contribution >= 0.6 is 0 Å². The number of alkyl halides is 6. The van der Waals surface area contributed by atoms with Crippen molar-refractivity contribution in [3.05, 3.63) is 142 Å². The van der Waals surface area contributed by atoms with Gasteiger partial charge in [0.2, 0.25) is 0 Å². The predicted octanol–water partition coefficient (Wildman–Crippen LogP) is 12.7. The lowest BCUT2D eigenvalue weighted by atomic mass is 9.92. The lowest BCUT2D eigenvalue weighted by molar-refractivity contribution is -0.142. The number of fused-ring (bicyclic) bond motifs is 6. The molecule has 0 atom stereocenters. The molecule has 0 saturated carbocycles. The summed E-state index contributed by atoms with van der Waals surface area (Å²) in [5.41, 5.74) is 4.60. The van der Waals surface area contributed by atoms with Crippen LogP contribution in [0.25, 0.3) is 66.1 Å². The largest absolute Gasteiger partial charge is 0.417 e. The number of nitriles is 1. The van der Waals surface area contributed by atoms with Crippen LogP contribution in [0.2, 0.25) is 0 Å². The van der Waals surface area contributed by atoms with E-state index in [1.165, 1.54) is 6.07 Å². The molecule has 0 aliphatic heterocycles. The second-order valence-electron chi connectivity index (χ2n) is 13.5. The molecule has 0 N–H and O–H groups in total. The molecule has 0 fully saturated rings. The highest BCUT2D eigenvalue weighted by Gasteiger charge is 2.39. The topological polar surface area (TPSA) is 33.6 Å². The van der Waals surface area contributed by atoms with Crippen molar-refractivity contribution in [1.82, 2.24) is 9.13 Å². The SMILES string of the molecule is Cc1ccc2c(c1)c1cc(C)ccc1n2-c1cc(C#N)c(-c2ccc(C(F)(F)F)cc2C(F)(F)F)cc1-n1c2ccc(C)cc2c2cc(C)ccc21. The molecule has 0 aliphatic rings. The molecule has 0 aliphatic carbocycles. The first-order chi connectivity index (χ1) is 24.6. The summed E-state index contributed by atoms with van der Waals surface area (Å²) < 4.78 is 89.2. The molecule has 8 rings (SSSR count). The van der Waals surface area contributed by atoms with Crippen LogP contribution in [0, 0.1) is 39.0 Å². The van der Waals surface area contributed by atoms with E-state index in [2.05, 4.69) is 30.3 Å². The molecule has 0 amide bonds. The second-order valence-corrected chi connectivity index (χ2v) is 13.5. The zero-order chi connectivity index (χ0) is 36.9. The highest BCUT2D eigenvalue weighted by molar-refractivity contribution is 6.12. The molecule has 0 radical (unpaired) electrons. The van der Waals surface area contributed by atoms with E-state index in [0.29, 0.717) is 17.4 Å². The summed E-state index contributed by atoms with van der Waals surface area (Å²) in [6, 6.07) is 30.8. The summed E-state index contributed by atoms with van der Waals surface area (Å²) in [5.74, 6) is 0. The van der Waals surface area contributed by atoms with Gasteiger partial charge in [-0.2, -0.15) is 31.6 Å².